The second kappa shape index (κ2) is 8.90. The van der Waals surface area contributed by atoms with Crippen molar-refractivity contribution >= 4 is 11.9 Å². The van der Waals surface area contributed by atoms with E-state index < -0.39 is 0 Å². The maximum Gasteiger partial charge on any atom is 0.254 e. The first-order valence-corrected chi connectivity index (χ1v) is 9.49. The summed E-state index contributed by atoms with van der Waals surface area (Å²) in [5, 5.41) is 3.08. The molecule has 3 rings (SSSR count). The van der Waals surface area contributed by atoms with E-state index in [2.05, 4.69) is 31.2 Å². The lowest BCUT2D eigenvalue weighted by Crippen LogP contribution is -2.40. The number of amides is 1. The summed E-state index contributed by atoms with van der Waals surface area (Å²) < 4.78 is 0. The highest BCUT2D eigenvalue weighted by Crippen LogP contribution is 2.23. The highest BCUT2D eigenvalue weighted by atomic mass is 16.1. The number of nitrogens with one attached hydrogen (secondary N) is 1. The molecule has 1 fully saturated rings. The first-order chi connectivity index (χ1) is 13.1. The molecule has 3 heterocycles. The Balaban J connectivity index is 1.72. The van der Waals surface area contributed by atoms with E-state index in [1.807, 2.05) is 38.2 Å². The topological polar surface area (TPSA) is 74.2 Å². The van der Waals surface area contributed by atoms with Gasteiger partial charge in [0.2, 0.25) is 5.95 Å². The SMILES string of the molecule is Cc1nc(N(C)C)ncc1C(=O)NCC(c1cccnc1)N1CCCCC1. The number of aromatic nitrogens is 3. The number of piperidine rings is 1. The van der Waals surface area contributed by atoms with Crippen molar-refractivity contribution in [3.8, 4) is 0 Å². The molecule has 0 radical (unpaired) electrons. The second-order valence-corrected chi connectivity index (χ2v) is 7.17. The van der Waals surface area contributed by atoms with Crippen molar-refractivity contribution in [2.75, 3.05) is 38.6 Å². The standard InChI is InChI=1S/C20H28N6O/c1-15-17(13-23-20(24-15)25(2)3)19(27)22-14-18(16-8-7-9-21-12-16)26-10-5-4-6-11-26/h7-9,12-13,18H,4-6,10-11,14H2,1-3H3,(H,22,27). The van der Waals surface area contributed by atoms with E-state index in [1.54, 1.807) is 12.4 Å². The van der Waals surface area contributed by atoms with E-state index in [9.17, 15) is 4.79 Å². The fourth-order valence-electron chi connectivity index (χ4n) is 3.44. The summed E-state index contributed by atoms with van der Waals surface area (Å²) in [5.74, 6) is 0.467. The van der Waals surface area contributed by atoms with Gasteiger partial charge in [-0.2, -0.15) is 0 Å². The number of aryl methyl sites for hydroxylation is 1. The van der Waals surface area contributed by atoms with Gasteiger partial charge in [-0.05, 0) is 44.5 Å². The molecular formula is C20H28N6O. The van der Waals surface area contributed by atoms with Crippen LogP contribution >= 0.6 is 0 Å². The predicted molar refractivity (Wildman–Crippen MR) is 106 cm³/mol. The summed E-state index contributed by atoms with van der Waals surface area (Å²) in [6.07, 6.45) is 8.95. The molecule has 1 aliphatic heterocycles. The molecule has 1 aliphatic rings. The van der Waals surface area contributed by atoms with Crippen LogP contribution in [0.15, 0.2) is 30.7 Å². The van der Waals surface area contributed by atoms with Gasteiger partial charge < -0.3 is 10.2 Å². The number of carbonyl (C=O) groups is 1. The van der Waals surface area contributed by atoms with Crippen LogP contribution in [-0.2, 0) is 0 Å². The lowest BCUT2D eigenvalue weighted by Gasteiger charge is -2.34. The van der Waals surface area contributed by atoms with Gasteiger partial charge in [0.05, 0.1) is 17.3 Å². The monoisotopic (exact) mass is 368 g/mol. The maximum absolute atomic E-state index is 12.7. The van der Waals surface area contributed by atoms with E-state index in [0.717, 1.165) is 18.7 Å². The first-order valence-electron chi connectivity index (χ1n) is 9.49. The second-order valence-electron chi connectivity index (χ2n) is 7.17. The van der Waals surface area contributed by atoms with Crippen LogP contribution in [0.1, 0.15) is 46.9 Å². The first kappa shape index (κ1) is 19.2. The molecule has 0 bridgehead atoms. The van der Waals surface area contributed by atoms with Crippen LogP contribution in [0.2, 0.25) is 0 Å². The van der Waals surface area contributed by atoms with Gasteiger partial charge in [0.1, 0.15) is 0 Å². The van der Waals surface area contributed by atoms with Gasteiger partial charge in [0, 0.05) is 39.2 Å². The summed E-state index contributed by atoms with van der Waals surface area (Å²) >= 11 is 0. The normalized spacial score (nSPS) is 16.0. The van der Waals surface area contributed by atoms with Gasteiger partial charge in [0.25, 0.3) is 5.91 Å². The number of anilines is 1. The van der Waals surface area contributed by atoms with Crippen LogP contribution in [0.3, 0.4) is 0 Å². The Morgan fingerprint density at radius 1 is 1.26 bits per heavy atom. The third kappa shape index (κ3) is 4.80. The Hall–Kier alpha value is -2.54. The molecule has 7 heteroatoms. The Bertz CT molecular complexity index is 758. The number of nitrogens with zero attached hydrogens (tertiary/aromatic N) is 5. The third-order valence-corrected chi connectivity index (χ3v) is 4.97. The number of hydrogen-bond acceptors (Lipinski definition) is 6. The summed E-state index contributed by atoms with van der Waals surface area (Å²) in [5.41, 5.74) is 2.34. The van der Waals surface area contributed by atoms with Crippen molar-refractivity contribution in [1.82, 2.24) is 25.2 Å². The molecule has 1 atom stereocenters. The molecule has 0 aliphatic carbocycles. The van der Waals surface area contributed by atoms with Gasteiger partial charge in [-0.3, -0.25) is 14.7 Å². The summed E-state index contributed by atoms with van der Waals surface area (Å²) in [6.45, 7) is 4.48. The van der Waals surface area contributed by atoms with E-state index >= 15 is 0 Å². The smallest absolute Gasteiger partial charge is 0.254 e. The summed E-state index contributed by atoms with van der Waals surface area (Å²) in [6, 6.07) is 4.16. The van der Waals surface area contributed by atoms with Crippen molar-refractivity contribution < 1.29 is 4.79 Å². The number of pyridine rings is 1. The van der Waals surface area contributed by atoms with Crippen molar-refractivity contribution in [2.24, 2.45) is 0 Å². The van der Waals surface area contributed by atoms with Crippen LogP contribution < -0.4 is 10.2 Å². The number of hydrogen-bond donors (Lipinski definition) is 1. The Morgan fingerprint density at radius 2 is 2.04 bits per heavy atom. The fraction of sp³-hybridized carbons (Fsp3) is 0.500. The minimum absolute atomic E-state index is 0.130. The predicted octanol–water partition coefficient (Wildman–Crippen LogP) is 2.20. The zero-order valence-electron chi connectivity index (χ0n) is 16.4. The molecule has 1 amide bonds. The molecule has 0 saturated carbocycles. The van der Waals surface area contributed by atoms with Gasteiger partial charge in [-0.15, -0.1) is 0 Å². The van der Waals surface area contributed by atoms with Gasteiger partial charge in [-0.25, -0.2) is 9.97 Å². The van der Waals surface area contributed by atoms with Crippen LogP contribution in [0.25, 0.3) is 0 Å². The molecule has 2 aromatic rings. The van der Waals surface area contributed by atoms with Crippen molar-refractivity contribution in [1.29, 1.82) is 0 Å². The Labute approximate surface area is 160 Å². The zero-order chi connectivity index (χ0) is 19.2. The minimum atomic E-state index is -0.135. The molecule has 0 aromatic carbocycles. The molecule has 0 spiro atoms. The minimum Gasteiger partial charge on any atom is -0.350 e. The molecule has 1 saturated heterocycles. The molecule has 1 unspecified atom stereocenters. The van der Waals surface area contributed by atoms with Crippen LogP contribution in [0.4, 0.5) is 5.95 Å². The van der Waals surface area contributed by atoms with Gasteiger partial charge >= 0.3 is 0 Å². The lowest BCUT2D eigenvalue weighted by atomic mass is 10.0. The van der Waals surface area contributed by atoms with Gasteiger partial charge in [-0.1, -0.05) is 12.5 Å². The fourth-order valence-corrected chi connectivity index (χ4v) is 3.44. The van der Waals surface area contributed by atoms with Crippen LogP contribution in [0.5, 0.6) is 0 Å². The Kier molecular flexibility index (Phi) is 6.34. The molecule has 144 valence electrons. The molecule has 27 heavy (non-hydrogen) atoms. The lowest BCUT2D eigenvalue weighted by molar-refractivity contribution is 0.0923. The molecule has 1 N–H and O–H groups in total. The largest absolute Gasteiger partial charge is 0.350 e. The number of carbonyl (C=O) groups excluding carboxylic acids is 1. The van der Waals surface area contributed by atoms with E-state index in [1.165, 1.54) is 19.3 Å². The van der Waals surface area contributed by atoms with Crippen molar-refractivity contribution in [2.45, 2.75) is 32.2 Å². The van der Waals surface area contributed by atoms with Crippen LogP contribution in [0, 0.1) is 6.92 Å². The molecule has 7 nitrogen and oxygen atoms in total. The number of likely N-dealkylation sites (tertiary alicyclic amines) is 1. The highest BCUT2D eigenvalue weighted by Gasteiger charge is 2.23. The molecule has 2 aromatic heterocycles. The average Bonchev–Trinajstić information content (AvgIpc) is 2.69. The average molecular weight is 368 g/mol. The van der Waals surface area contributed by atoms with Crippen molar-refractivity contribution in [3.63, 3.8) is 0 Å². The zero-order valence-corrected chi connectivity index (χ0v) is 16.4. The molecular weight excluding hydrogens is 340 g/mol. The van der Waals surface area contributed by atoms with E-state index in [-0.39, 0.29) is 11.9 Å². The van der Waals surface area contributed by atoms with Gasteiger partial charge in [0.15, 0.2) is 0 Å². The van der Waals surface area contributed by atoms with E-state index in [0.29, 0.717) is 23.8 Å². The van der Waals surface area contributed by atoms with E-state index in [4.69, 9.17) is 0 Å². The Morgan fingerprint density at radius 3 is 2.67 bits per heavy atom. The summed E-state index contributed by atoms with van der Waals surface area (Å²) in [4.78, 5) is 29.9. The van der Waals surface area contributed by atoms with Crippen LogP contribution in [-0.4, -0.2) is 59.5 Å². The highest BCUT2D eigenvalue weighted by molar-refractivity contribution is 5.95. The quantitative estimate of drug-likeness (QED) is 0.843. The maximum atomic E-state index is 12.7. The number of rotatable bonds is 6. The third-order valence-electron chi connectivity index (χ3n) is 4.97. The van der Waals surface area contributed by atoms with Crippen molar-refractivity contribution in [3.05, 3.63) is 47.5 Å². The summed E-state index contributed by atoms with van der Waals surface area (Å²) in [7, 11) is 3.76.